The molecule has 0 heterocycles. The highest BCUT2D eigenvalue weighted by atomic mass is 35.5. The van der Waals surface area contributed by atoms with Gasteiger partial charge in [-0.3, -0.25) is 0 Å². The Hall–Kier alpha value is -1.66. The van der Waals surface area contributed by atoms with Crippen molar-refractivity contribution in [2.45, 2.75) is 29.5 Å². The smallest absolute Gasteiger partial charge is 0.341 e. The van der Waals surface area contributed by atoms with Crippen LogP contribution in [0.3, 0.4) is 0 Å². The third-order valence-corrected chi connectivity index (χ3v) is 5.61. The maximum absolute atomic E-state index is 12.8. The lowest BCUT2D eigenvalue weighted by molar-refractivity contribution is 0.235. The number of aryl methyl sites for hydroxylation is 1. The predicted octanol–water partition coefficient (Wildman–Crippen LogP) is 4.44. The summed E-state index contributed by atoms with van der Waals surface area (Å²) in [4.78, 5) is -0.377. The molecule has 1 aliphatic carbocycles. The lowest BCUT2D eigenvalue weighted by Gasteiger charge is -2.18. The summed E-state index contributed by atoms with van der Waals surface area (Å²) in [5.41, 5.74) is 2.29. The van der Waals surface area contributed by atoms with Crippen LogP contribution in [0.15, 0.2) is 47.4 Å². The molecule has 2 aromatic carbocycles. The average Bonchev–Trinajstić information content (AvgIpc) is 2.89. The van der Waals surface area contributed by atoms with Crippen LogP contribution in [-0.4, -0.2) is 14.2 Å². The summed E-state index contributed by atoms with van der Waals surface area (Å²) in [5.74, 6) is -3.44. The van der Waals surface area contributed by atoms with Crippen molar-refractivity contribution in [2.24, 2.45) is 0 Å². The van der Waals surface area contributed by atoms with Gasteiger partial charge in [-0.1, -0.05) is 29.8 Å². The maximum atomic E-state index is 12.8. The Morgan fingerprint density at radius 2 is 1.91 bits per heavy atom. The van der Waals surface area contributed by atoms with Gasteiger partial charge in [0.25, 0.3) is 0 Å². The minimum atomic E-state index is -4.65. The molecule has 3 nitrogen and oxygen atoms in total. The number of alkyl halides is 2. The van der Waals surface area contributed by atoms with Gasteiger partial charge in [-0.25, -0.2) is 8.42 Å². The number of anilines is 1. The van der Waals surface area contributed by atoms with Gasteiger partial charge in [0.05, 0.1) is 16.6 Å². The topological polar surface area (TPSA) is 46.2 Å². The van der Waals surface area contributed by atoms with E-state index < -0.39 is 15.6 Å². The van der Waals surface area contributed by atoms with Crippen molar-refractivity contribution in [1.82, 2.24) is 0 Å². The molecule has 0 aromatic heterocycles. The molecule has 1 aliphatic rings. The van der Waals surface area contributed by atoms with Crippen molar-refractivity contribution in [3.05, 3.63) is 58.6 Å². The van der Waals surface area contributed by atoms with Gasteiger partial charge in [-0.05, 0) is 48.2 Å². The quantitative estimate of drug-likeness (QED) is 0.880. The molecule has 0 saturated carbocycles. The Bertz CT molecular complexity index is 840. The Morgan fingerprint density at radius 3 is 2.65 bits per heavy atom. The van der Waals surface area contributed by atoms with E-state index in [1.54, 1.807) is 12.1 Å². The maximum Gasteiger partial charge on any atom is 0.341 e. The summed E-state index contributed by atoms with van der Waals surface area (Å²) < 4.78 is 49.3. The predicted molar refractivity (Wildman–Crippen MR) is 85.8 cm³/mol. The van der Waals surface area contributed by atoms with E-state index in [2.05, 4.69) is 5.32 Å². The second kappa shape index (κ2) is 6.09. The molecule has 122 valence electrons. The lowest BCUT2D eigenvalue weighted by atomic mass is 10.1. The SMILES string of the molecule is O=S(=O)(c1ccccc1NC1CCc2cc(Cl)ccc21)C(F)F. The summed E-state index contributed by atoms with van der Waals surface area (Å²) in [7, 11) is -4.65. The van der Waals surface area contributed by atoms with Crippen LogP contribution in [-0.2, 0) is 16.3 Å². The lowest BCUT2D eigenvalue weighted by Crippen LogP contribution is -2.15. The molecule has 7 heteroatoms. The van der Waals surface area contributed by atoms with Crippen molar-refractivity contribution in [3.8, 4) is 0 Å². The fraction of sp³-hybridized carbons (Fsp3) is 0.250. The average molecular weight is 358 g/mol. The molecule has 23 heavy (non-hydrogen) atoms. The molecule has 0 spiro atoms. The standard InChI is InChI=1S/C16H14ClF2NO2S/c17-11-6-7-12-10(9-11)5-8-13(12)20-14-3-1-2-4-15(14)23(21,22)16(18)19/h1-4,6-7,9,13,16,20H,5,8H2. The summed E-state index contributed by atoms with van der Waals surface area (Å²) in [6.45, 7) is 0. The number of benzene rings is 2. The van der Waals surface area contributed by atoms with Crippen LogP contribution in [0.2, 0.25) is 5.02 Å². The zero-order valence-electron chi connectivity index (χ0n) is 12.0. The van der Waals surface area contributed by atoms with E-state index in [-0.39, 0.29) is 16.6 Å². The highest BCUT2D eigenvalue weighted by Crippen LogP contribution is 2.37. The molecule has 0 radical (unpaired) electrons. The van der Waals surface area contributed by atoms with Crippen LogP contribution >= 0.6 is 11.6 Å². The first-order valence-corrected chi connectivity index (χ1v) is 8.98. The Morgan fingerprint density at radius 1 is 1.17 bits per heavy atom. The highest BCUT2D eigenvalue weighted by Gasteiger charge is 2.30. The second-order valence-electron chi connectivity index (χ2n) is 5.38. The van der Waals surface area contributed by atoms with E-state index in [4.69, 9.17) is 11.6 Å². The fourth-order valence-corrected chi connectivity index (χ4v) is 3.94. The first-order valence-electron chi connectivity index (χ1n) is 7.05. The van der Waals surface area contributed by atoms with Gasteiger partial charge >= 0.3 is 5.76 Å². The molecule has 1 N–H and O–H groups in total. The van der Waals surface area contributed by atoms with Gasteiger partial charge < -0.3 is 5.32 Å². The highest BCUT2D eigenvalue weighted by molar-refractivity contribution is 7.91. The van der Waals surface area contributed by atoms with Crippen LogP contribution in [0, 0.1) is 0 Å². The molecule has 0 fully saturated rings. The first-order chi connectivity index (χ1) is 10.9. The van der Waals surface area contributed by atoms with Crippen LogP contribution in [0.25, 0.3) is 0 Å². The molecule has 0 aliphatic heterocycles. The number of hydrogen-bond donors (Lipinski definition) is 1. The van der Waals surface area contributed by atoms with Crippen LogP contribution in [0.4, 0.5) is 14.5 Å². The Kier molecular flexibility index (Phi) is 4.29. The van der Waals surface area contributed by atoms with Crippen molar-refractivity contribution >= 4 is 27.1 Å². The number of halogens is 3. The number of nitrogens with one attached hydrogen (secondary N) is 1. The van der Waals surface area contributed by atoms with Crippen LogP contribution < -0.4 is 5.32 Å². The molecule has 0 bridgehead atoms. The van der Waals surface area contributed by atoms with E-state index >= 15 is 0 Å². The molecular formula is C16H14ClF2NO2S. The van der Waals surface area contributed by atoms with E-state index in [0.717, 1.165) is 24.0 Å². The Labute approximate surface area is 138 Å². The van der Waals surface area contributed by atoms with Gasteiger partial charge in [0.2, 0.25) is 9.84 Å². The molecule has 0 amide bonds. The van der Waals surface area contributed by atoms with Crippen molar-refractivity contribution in [2.75, 3.05) is 5.32 Å². The van der Waals surface area contributed by atoms with Gasteiger partial charge in [-0.2, -0.15) is 8.78 Å². The van der Waals surface area contributed by atoms with Crippen molar-refractivity contribution in [1.29, 1.82) is 0 Å². The third kappa shape index (κ3) is 3.05. The van der Waals surface area contributed by atoms with Crippen molar-refractivity contribution < 1.29 is 17.2 Å². The van der Waals surface area contributed by atoms with Crippen LogP contribution in [0.1, 0.15) is 23.6 Å². The zero-order valence-corrected chi connectivity index (χ0v) is 13.5. The summed E-state index contributed by atoms with van der Waals surface area (Å²) in [6.07, 6.45) is 1.55. The monoisotopic (exact) mass is 357 g/mol. The summed E-state index contributed by atoms with van der Waals surface area (Å²) in [6, 6.07) is 11.1. The number of fused-ring (bicyclic) bond motifs is 1. The van der Waals surface area contributed by atoms with Gasteiger partial charge in [0.15, 0.2) is 0 Å². The van der Waals surface area contributed by atoms with Gasteiger partial charge in [0, 0.05) is 5.02 Å². The van der Waals surface area contributed by atoms with Gasteiger partial charge in [-0.15, -0.1) is 0 Å². The van der Waals surface area contributed by atoms with Crippen molar-refractivity contribution in [3.63, 3.8) is 0 Å². The third-order valence-electron chi connectivity index (χ3n) is 3.94. The number of para-hydroxylation sites is 1. The largest absolute Gasteiger partial charge is 0.377 e. The molecule has 0 saturated heterocycles. The van der Waals surface area contributed by atoms with E-state index in [9.17, 15) is 17.2 Å². The molecule has 1 atom stereocenters. The zero-order chi connectivity index (χ0) is 16.6. The number of hydrogen-bond acceptors (Lipinski definition) is 3. The van der Waals surface area contributed by atoms with Gasteiger partial charge in [0.1, 0.15) is 0 Å². The Balaban J connectivity index is 1.95. The fourth-order valence-electron chi connectivity index (χ4n) is 2.85. The van der Waals surface area contributed by atoms with E-state index in [1.807, 2.05) is 12.1 Å². The number of rotatable bonds is 4. The minimum Gasteiger partial charge on any atom is -0.377 e. The second-order valence-corrected chi connectivity index (χ2v) is 7.70. The summed E-state index contributed by atoms with van der Waals surface area (Å²) >= 11 is 5.97. The molecule has 2 aromatic rings. The first kappa shape index (κ1) is 16.2. The molecular weight excluding hydrogens is 344 g/mol. The molecule has 1 unspecified atom stereocenters. The van der Waals surface area contributed by atoms with E-state index in [0.29, 0.717) is 5.02 Å². The summed E-state index contributed by atoms with van der Waals surface area (Å²) in [5, 5.41) is 3.73. The minimum absolute atomic E-state index is 0.128. The number of sulfone groups is 1. The molecule has 3 rings (SSSR count). The normalized spacial score (nSPS) is 17.3. The van der Waals surface area contributed by atoms with E-state index in [1.165, 1.54) is 18.2 Å². The van der Waals surface area contributed by atoms with Crippen LogP contribution in [0.5, 0.6) is 0 Å².